The van der Waals surface area contributed by atoms with Gasteiger partial charge in [-0.2, -0.15) is 0 Å². The van der Waals surface area contributed by atoms with Crippen molar-refractivity contribution in [3.8, 4) is 0 Å². The Morgan fingerprint density at radius 1 is 1.27 bits per heavy atom. The van der Waals surface area contributed by atoms with E-state index in [2.05, 4.69) is 36.3 Å². The molecule has 0 amide bonds. The normalized spacial score (nSPS) is 17.3. The molecule has 2 N–H and O–H groups in total. The monoisotopic (exact) mass is 364 g/mol. The molecule has 1 fully saturated rings. The summed E-state index contributed by atoms with van der Waals surface area (Å²) in [7, 11) is 0. The number of hydrogen-bond donors (Lipinski definition) is 2. The number of benzene rings is 1. The fraction of sp³-hybridized carbons (Fsp3) is 0.650. The quantitative estimate of drug-likeness (QED) is 0.550. The summed E-state index contributed by atoms with van der Waals surface area (Å²) in [5.41, 5.74) is 0.966. The molecule has 1 aromatic rings. The van der Waals surface area contributed by atoms with Gasteiger partial charge in [0.1, 0.15) is 5.82 Å². The van der Waals surface area contributed by atoms with Crippen LogP contribution in [0.5, 0.6) is 0 Å². The lowest BCUT2D eigenvalue weighted by Crippen LogP contribution is -2.42. The molecule has 1 atom stereocenters. The zero-order valence-electron chi connectivity index (χ0n) is 16.3. The Morgan fingerprint density at radius 2 is 2.04 bits per heavy atom. The van der Waals surface area contributed by atoms with Gasteiger partial charge in [-0.3, -0.25) is 9.89 Å². The van der Waals surface area contributed by atoms with Gasteiger partial charge in [0.25, 0.3) is 0 Å². The van der Waals surface area contributed by atoms with Crippen molar-refractivity contribution in [3.63, 3.8) is 0 Å². The summed E-state index contributed by atoms with van der Waals surface area (Å²) in [6.45, 7) is 11.9. The number of rotatable bonds is 8. The second-order valence-corrected chi connectivity index (χ2v) is 7.05. The molecule has 0 spiro atoms. The summed E-state index contributed by atoms with van der Waals surface area (Å²) in [5.74, 6) is 1.27. The van der Waals surface area contributed by atoms with Crippen LogP contribution in [0.3, 0.4) is 0 Å². The zero-order valence-corrected chi connectivity index (χ0v) is 16.3. The minimum atomic E-state index is -0.202. The summed E-state index contributed by atoms with van der Waals surface area (Å²) in [5, 5.41) is 6.69. The molecule has 0 aromatic heterocycles. The van der Waals surface area contributed by atoms with Crippen LogP contribution in [0.15, 0.2) is 29.3 Å². The van der Waals surface area contributed by atoms with E-state index in [1.807, 2.05) is 6.07 Å². The highest BCUT2D eigenvalue weighted by Crippen LogP contribution is 2.23. The molecular weight excluding hydrogens is 331 g/mol. The number of guanidine groups is 1. The number of nitrogens with one attached hydrogen (secondary N) is 2. The van der Waals surface area contributed by atoms with Gasteiger partial charge in [0, 0.05) is 26.2 Å². The second-order valence-electron chi connectivity index (χ2n) is 7.05. The molecule has 0 radical (unpaired) electrons. The molecule has 2 rings (SSSR count). The highest BCUT2D eigenvalue weighted by atomic mass is 19.1. The second kappa shape index (κ2) is 11.1. The predicted octanol–water partition coefficient (Wildman–Crippen LogP) is 2.80. The first-order chi connectivity index (χ1) is 12.6. The van der Waals surface area contributed by atoms with E-state index in [4.69, 9.17) is 9.73 Å². The minimum Gasteiger partial charge on any atom is -0.379 e. The van der Waals surface area contributed by atoms with Crippen LogP contribution in [-0.2, 0) is 4.74 Å². The molecule has 0 bridgehead atoms. The molecular formula is C20H33FN4O. The molecule has 26 heavy (non-hydrogen) atoms. The first-order valence-corrected chi connectivity index (χ1v) is 9.69. The molecule has 1 heterocycles. The van der Waals surface area contributed by atoms with Gasteiger partial charge in [-0.1, -0.05) is 26.0 Å². The third kappa shape index (κ3) is 6.92. The van der Waals surface area contributed by atoms with Crippen molar-refractivity contribution in [2.45, 2.75) is 33.2 Å². The van der Waals surface area contributed by atoms with Gasteiger partial charge in [-0.05, 0) is 37.0 Å². The van der Waals surface area contributed by atoms with Crippen LogP contribution in [0.4, 0.5) is 4.39 Å². The molecule has 5 nitrogen and oxygen atoms in total. The van der Waals surface area contributed by atoms with Crippen LogP contribution in [0.25, 0.3) is 0 Å². The first kappa shape index (κ1) is 20.6. The molecule has 1 aliphatic heterocycles. The Labute approximate surface area is 157 Å². The topological polar surface area (TPSA) is 48.9 Å². The average Bonchev–Trinajstić information content (AvgIpc) is 2.62. The molecule has 1 unspecified atom stereocenters. The Kier molecular flexibility index (Phi) is 8.85. The fourth-order valence-electron chi connectivity index (χ4n) is 3.03. The van der Waals surface area contributed by atoms with Crippen molar-refractivity contribution >= 4 is 5.96 Å². The molecule has 1 aliphatic rings. The number of hydrogen-bond acceptors (Lipinski definition) is 3. The van der Waals surface area contributed by atoms with E-state index >= 15 is 0 Å². The van der Waals surface area contributed by atoms with Gasteiger partial charge in [-0.25, -0.2) is 4.39 Å². The number of morpholine rings is 1. The maximum atomic E-state index is 13.8. The molecule has 1 aromatic carbocycles. The van der Waals surface area contributed by atoms with Crippen LogP contribution >= 0.6 is 0 Å². The van der Waals surface area contributed by atoms with E-state index in [1.165, 1.54) is 6.07 Å². The number of nitrogens with zero attached hydrogens (tertiary/aromatic N) is 2. The minimum absolute atomic E-state index is 0.0511. The van der Waals surface area contributed by atoms with Gasteiger partial charge in [0.2, 0.25) is 0 Å². The smallest absolute Gasteiger partial charge is 0.191 e. The summed E-state index contributed by atoms with van der Waals surface area (Å²) < 4.78 is 19.2. The van der Waals surface area contributed by atoms with Gasteiger partial charge in [-0.15, -0.1) is 0 Å². The van der Waals surface area contributed by atoms with Crippen LogP contribution in [0, 0.1) is 11.7 Å². The maximum absolute atomic E-state index is 13.8. The third-order valence-corrected chi connectivity index (χ3v) is 4.50. The average molecular weight is 365 g/mol. The third-order valence-electron chi connectivity index (χ3n) is 4.50. The number of halogens is 1. The van der Waals surface area contributed by atoms with Crippen molar-refractivity contribution in [2.24, 2.45) is 10.9 Å². The Bertz CT molecular complexity index is 558. The van der Waals surface area contributed by atoms with Crippen molar-refractivity contribution in [3.05, 3.63) is 35.6 Å². The number of aliphatic imine (C=N–C) groups is 1. The van der Waals surface area contributed by atoms with Crippen LogP contribution in [0.2, 0.25) is 0 Å². The predicted molar refractivity (Wildman–Crippen MR) is 105 cm³/mol. The van der Waals surface area contributed by atoms with Crippen LogP contribution in [-0.4, -0.2) is 56.8 Å². The van der Waals surface area contributed by atoms with Gasteiger partial charge < -0.3 is 15.4 Å². The first-order valence-electron chi connectivity index (χ1n) is 9.69. The van der Waals surface area contributed by atoms with E-state index in [1.54, 1.807) is 12.1 Å². The zero-order chi connectivity index (χ0) is 18.8. The van der Waals surface area contributed by atoms with Crippen molar-refractivity contribution in [1.29, 1.82) is 0 Å². The number of ether oxygens (including phenoxy) is 1. The molecule has 146 valence electrons. The van der Waals surface area contributed by atoms with E-state index in [0.29, 0.717) is 25.7 Å². The summed E-state index contributed by atoms with van der Waals surface area (Å²) in [4.78, 5) is 7.11. The maximum Gasteiger partial charge on any atom is 0.191 e. The summed E-state index contributed by atoms with van der Waals surface area (Å²) >= 11 is 0. The van der Waals surface area contributed by atoms with Crippen LogP contribution < -0.4 is 10.6 Å². The molecule has 6 heteroatoms. The fourth-order valence-corrected chi connectivity index (χ4v) is 3.03. The Morgan fingerprint density at radius 3 is 2.69 bits per heavy atom. The summed E-state index contributed by atoms with van der Waals surface area (Å²) in [6.07, 6.45) is 1.10. The molecule has 0 saturated carbocycles. The molecule has 0 aliphatic carbocycles. The van der Waals surface area contributed by atoms with E-state index < -0.39 is 0 Å². The SMILES string of the molecule is CCNC(=NCC(c1cccc(F)c1)N1CCOCC1)NCCC(C)C. The van der Waals surface area contributed by atoms with Crippen molar-refractivity contribution in [1.82, 2.24) is 15.5 Å². The molecule has 1 saturated heterocycles. The van der Waals surface area contributed by atoms with Crippen molar-refractivity contribution < 1.29 is 9.13 Å². The van der Waals surface area contributed by atoms with Gasteiger partial charge >= 0.3 is 0 Å². The standard InChI is InChI=1S/C20H33FN4O/c1-4-22-20(23-9-8-16(2)3)24-15-19(25-10-12-26-13-11-25)17-6-5-7-18(21)14-17/h5-7,14,16,19H,4,8-13,15H2,1-3H3,(H2,22,23,24). The van der Waals surface area contributed by atoms with Gasteiger partial charge in [0.05, 0.1) is 25.8 Å². The lowest BCUT2D eigenvalue weighted by molar-refractivity contribution is 0.0179. The van der Waals surface area contributed by atoms with Gasteiger partial charge in [0.15, 0.2) is 5.96 Å². The van der Waals surface area contributed by atoms with Crippen molar-refractivity contribution in [2.75, 3.05) is 45.9 Å². The highest BCUT2D eigenvalue weighted by Gasteiger charge is 2.23. The highest BCUT2D eigenvalue weighted by molar-refractivity contribution is 5.79. The van der Waals surface area contributed by atoms with E-state index in [-0.39, 0.29) is 11.9 Å². The summed E-state index contributed by atoms with van der Waals surface area (Å²) in [6, 6.07) is 6.91. The lowest BCUT2D eigenvalue weighted by Gasteiger charge is -2.34. The van der Waals surface area contributed by atoms with E-state index in [9.17, 15) is 4.39 Å². The largest absolute Gasteiger partial charge is 0.379 e. The Hall–Kier alpha value is -1.66. The lowest BCUT2D eigenvalue weighted by atomic mass is 10.0. The Balaban J connectivity index is 2.10. The van der Waals surface area contributed by atoms with E-state index in [0.717, 1.165) is 44.1 Å². The van der Waals surface area contributed by atoms with Crippen LogP contribution in [0.1, 0.15) is 38.8 Å².